The van der Waals surface area contributed by atoms with Crippen LogP contribution in [0.3, 0.4) is 0 Å². The number of nitrogens with zero attached hydrogens (tertiary/aromatic N) is 1. The predicted molar refractivity (Wildman–Crippen MR) is 109 cm³/mol. The number of amides is 3. The molecule has 0 radical (unpaired) electrons. The Balaban J connectivity index is 1.81. The topological polar surface area (TPSA) is 81.7 Å². The normalized spacial score (nSPS) is 16.3. The highest BCUT2D eigenvalue weighted by Crippen LogP contribution is 2.30. The molecule has 0 aromatic heterocycles. The average Bonchev–Trinajstić information content (AvgIpc) is 2.66. The minimum atomic E-state index is -0.402. The van der Waals surface area contributed by atoms with Crippen LogP contribution in [-0.2, 0) is 6.42 Å². The second-order valence-electron chi connectivity index (χ2n) is 8.02. The van der Waals surface area contributed by atoms with Crippen molar-refractivity contribution in [2.45, 2.75) is 38.8 Å². The second kappa shape index (κ2) is 8.02. The van der Waals surface area contributed by atoms with E-state index in [2.05, 4.69) is 10.6 Å². The lowest BCUT2D eigenvalue weighted by Crippen LogP contribution is -2.44. The fraction of sp³-hybridized carbons (Fsp3) is 0.364. The zero-order chi connectivity index (χ0) is 20.3. The fourth-order valence-corrected chi connectivity index (χ4v) is 3.48. The van der Waals surface area contributed by atoms with Gasteiger partial charge in [-0.2, -0.15) is 0 Å². The fourth-order valence-electron chi connectivity index (χ4n) is 3.48. The van der Waals surface area contributed by atoms with E-state index in [9.17, 15) is 14.7 Å². The third-order valence-corrected chi connectivity index (χ3v) is 4.75. The van der Waals surface area contributed by atoms with Gasteiger partial charge >= 0.3 is 6.03 Å². The molecule has 0 saturated heterocycles. The van der Waals surface area contributed by atoms with E-state index < -0.39 is 6.04 Å². The Morgan fingerprint density at radius 3 is 2.50 bits per heavy atom. The second-order valence-corrected chi connectivity index (χ2v) is 8.02. The molecule has 3 N–H and O–H groups in total. The van der Waals surface area contributed by atoms with Gasteiger partial charge in [-0.25, -0.2) is 4.79 Å². The molecule has 0 spiro atoms. The van der Waals surface area contributed by atoms with Crippen LogP contribution in [0, 0.1) is 0 Å². The molecule has 1 heterocycles. The number of carbonyl (C=O) groups excluding carboxylic acids is 2. The number of fused-ring (bicyclic) bond motifs is 1. The Hall–Kier alpha value is -2.86. The Morgan fingerprint density at radius 2 is 1.79 bits per heavy atom. The quantitative estimate of drug-likeness (QED) is 0.763. The van der Waals surface area contributed by atoms with Crippen LogP contribution in [0.15, 0.2) is 48.5 Å². The van der Waals surface area contributed by atoms with E-state index in [1.807, 2.05) is 45.0 Å². The number of aliphatic hydroxyl groups excluding tert-OH is 1. The number of urea groups is 1. The van der Waals surface area contributed by atoms with E-state index in [4.69, 9.17) is 0 Å². The molecule has 0 saturated carbocycles. The third-order valence-electron chi connectivity index (χ3n) is 4.75. The minimum absolute atomic E-state index is 0.156. The molecule has 0 bridgehead atoms. The lowest BCUT2D eigenvalue weighted by atomic mass is 9.93. The Labute approximate surface area is 165 Å². The van der Waals surface area contributed by atoms with Crippen molar-refractivity contribution in [1.82, 2.24) is 10.2 Å². The van der Waals surface area contributed by atoms with E-state index in [1.54, 1.807) is 29.2 Å². The summed E-state index contributed by atoms with van der Waals surface area (Å²) in [5, 5.41) is 15.7. The number of rotatable bonds is 3. The van der Waals surface area contributed by atoms with Crippen molar-refractivity contribution in [3.05, 3.63) is 65.2 Å². The zero-order valence-electron chi connectivity index (χ0n) is 16.5. The van der Waals surface area contributed by atoms with Crippen molar-refractivity contribution in [1.29, 1.82) is 0 Å². The SMILES string of the molecule is CC(C)(C)NC(=O)c1ccccc1NC(=O)N1CCc2ccccc2[C@@H]1CO. The number of carbonyl (C=O) groups is 2. The summed E-state index contributed by atoms with van der Waals surface area (Å²) in [6, 6.07) is 14.1. The summed E-state index contributed by atoms with van der Waals surface area (Å²) in [5.41, 5.74) is 2.58. The first-order valence-corrected chi connectivity index (χ1v) is 9.48. The number of para-hydroxylation sites is 1. The molecule has 3 amide bonds. The predicted octanol–water partition coefficient (Wildman–Crippen LogP) is 3.34. The smallest absolute Gasteiger partial charge is 0.322 e. The van der Waals surface area contributed by atoms with Gasteiger partial charge in [-0.05, 0) is 50.5 Å². The molecule has 1 atom stereocenters. The van der Waals surface area contributed by atoms with E-state index in [1.165, 1.54) is 0 Å². The van der Waals surface area contributed by atoms with Crippen LogP contribution in [-0.4, -0.2) is 40.6 Å². The van der Waals surface area contributed by atoms with Gasteiger partial charge in [0.25, 0.3) is 5.91 Å². The molecule has 6 nitrogen and oxygen atoms in total. The Morgan fingerprint density at radius 1 is 1.11 bits per heavy atom. The monoisotopic (exact) mass is 381 g/mol. The molecular weight excluding hydrogens is 354 g/mol. The van der Waals surface area contributed by atoms with E-state index in [0.717, 1.165) is 17.5 Å². The number of nitrogens with one attached hydrogen (secondary N) is 2. The number of benzene rings is 2. The third kappa shape index (κ3) is 4.34. The van der Waals surface area contributed by atoms with Crippen molar-refractivity contribution >= 4 is 17.6 Å². The lowest BCUT2D eigenvalue weighted by molar-refractivity contribution is 0.0920. The molecule has 1 aliphatic heterocycles. The highest BCUT2D eigenvalue weighted by Gasteiger charge is 2.30. The van der Waals surface area contributed by atoms with Crippen LogP contribution in [0.4, 0.5) is 10.5 Å². The van der Waals surface area contributed by atoms with Crippen molar-refractivity contribution in [3.8, 4) is 0 Å². The number of aliphatic hydroxyl groups is 1. The summed E-state index contributed by atoms with van der Waals surface area (Å²) in [4.78, 5) is 27.2. The van der Waals surface area contributed by atoms with E-state index in [-0.39, 0.29) is 24.1 Å². The van der Waals surface area contributed by atoms with Crippen molar-refractivity contribution < 1.29 is 14.7 Å². The van der Waals surface area contributed by atoms with Crippen LogP contribution in [0.25, 0.3) is 0 Å². The van der Waals surface area contributed by atoms with Crippen molar-refractivity contribution in [3.63, 3.8) is 0 Å². The molecule has 3 rings (SSSR count). The first kappa shape index (κ1) is 19.9. The van der Waals surface area contributed by atoms with Gasteiger partial charge in [-0.1, -0.05) is 36.4 Å². The van der Waals surface area contributed by atoms with Gasteiger partial charge < -0.3 is 20.6 Å². The zero-order valence-corrected chi connectivity index (χ0v) is 16.5. The Bertz CT molecular complexity index is 873. The molecular formula is C22H27N3O3. The van der Waals surface area contributed by atoms with Crippen molar-refractivity contribution in [2.24, 2.45) is 0 Å². The number of anilines is 1. The minimum Gasteiger partial charge on any atom is -0.394 e. The summed E-state index contributed by atoms with van der Waals surface area (Å²) in [6.07, 6.45) is 0.728. The Kier molecular flexibility index (Phi) is 5.70. The molecule has 28 heavy (non-hydrogen) atoms. The molecule has 6 heteroatoms. The highest BCUT2D eigenvalue weighted by atomic mass is 16.3. The summed E-state index contributed by atoms with van der Waals surface area (Å²) in [7, 11) is 0. The van der Waals surface area contributed by atoms with Gasteiger partial charge in [0.1, 0.15) is 0 Å². The van der Waals surface area contributed by atoms with Crippen molar-refractivity contribution in [2.75, 3.05) is 18.5 Å². The van der Waals surface area contributed by atoms with Crippen LogP contribution < -0.4 is 10.6 Å². The van der Waals surface area contributed by atoms with Gasteiger partial charge in [0.15, 0.2) is 0 Å². The first-order chi connectivity index (χ1) is 13.3. The molecule has 0 fully saturated rings. The molecule has 148 valence electrons. The summed E-state index contributed by atoms with van der Waals surface area (Å²) in [5.74, 6) is -0.244. The molecule has 2 aromatic carbocycles. The van der Waals surface area contributed by atoms with E-state index in [0.29, 0.717) is 17.8 Å². The highest BCUT2D eigenvalue weighted by molar-refractivity contribution is 6.03. The molecule has 0 aliphatic carbocycles. The maximum absolute atomic E-state index is 13.0. The molecule has 0 unspecified atom stereocenters. The van der Waals surface area contributed by atoms with Crippen LogP contribution in [0.1, 0.15) is 48.3 Å². The van der Waals surface area contributed by atoms with Gasteiger partial charge in [0, 0.05) is 12.1 Å². The number of hydrogen-bond acceptors (Lipinski definition) is 3. The van der Waals surface area contributed by atoms with Gasteiger partial charge in [-0.15, -0.1) is 0 Å². The van der Waals surface area contributed by atoms with Crippen LogP contribution in [0.5, 0.6) is 0 Å². The summed E-state index contributed by atoms with van der Waals surface area (Å²) >= 11 is 0. The van der Waals surface area contributed by atoms with Crippen LogP contribution in [0.2, 0.25) is 0 Å². The number of hydrogen-bond donors (Lipinski definition) is 3. The lowest BCUT2D eigenvalue weighted by Gasteiger charge is -2.36. The summed E-state index contributed by atoms with van der Waals surface area (Å²) in [6.45, 7) is 6.07. The first-order valence-electron chi connectivity index (χ1n) is 9.48. The maximum atomic E-state index is 13.0. The van der Waals surface area contributed by atoms with E-state index >= 15 is 0 Å². The largest absolute Gasteiger partial charge is 0.394 e. The van der Waals surface area contributed by atoms with Gasteiger partial charge in [0.2, 0.25) is 0 Å². The van der Waals surface area contributed by atoms with Gasteiger partial charge in [0.05, 0.1) is 23.9 Å². The molecule has 1 aliphatic rings. The van der Waals surface area contributed by atoms with Gasteiger partial charge in [-0.3, -0.25) is 4.79 Å². The maximum Gasteiger partial charge on any atom is 0.322 e. The standard InChI is InChI=1S/C22H27N3O3/c1-22(2,3)24-20(27)17-10-6-7-11-18(17)23-21(28)25-13-12-15-8-4-5-9-16(15)19(25)14-26/h4-11,19,26H,12-14H2,1-3H3,(H,23,28)(H,24,27)/t19-/m0/s1. The summed E-state index contributed by atoms with van der Waals surface area (Å²) < 4.78 is 0. The van der Waals surface area contributed by atoms with Crippen LogP contribution >= 0.6 is 0 Å². The molecule has 2 aromatic rings. The average molecular weight is 381 g/mol.